The first-order chi connectivity index (χ1) is 13.2. The molecule has 0 bridgehead atoms. The fourth-order valence-corrected chi connectivity index (χ4v) is 2.89. The van der Waals surface area contributed by atoms with E-state index in [0.717, 1.165) is 4.88 Å². The lowest BCUT2D eigenvalue weighted by Gasteiger charge is -2.10. The third kappa shape index (κ3) is 4.80. The summed E-state index contributed by atoms with van der Waals surface area (Å²) < 4.78 is 5.08. The number of hydrogen-bond acceptors (Lipinski definition) is 5. The second-order valence-corrected chi connectivity index (χ2v) is 6.42. The van der Waals surface area contributed by atoms with Gasteiger partial charge in [-0.25, -0.2) is 5.43 Å². The number of anilines is 1. The first-order valence-electron chi connectivity index (χ1n) is 8.08. The van der Waals surface area contributed by atoms with E-state index in [1.165, 1.54) is 11.3 Å². The molecule has 2 N–H and O–H groups in total. The van der Waals surface area contributed by atoms with Gasteiger partial charge in [0.15, 0.2) is 0 Å². The molecule has 1 aromatic heterocycles. The maximum atomic E-state index is 12.4. The summed E-state index contributed by atoms with van der Waals surface area (Å²) in [5, 5.41) is 8.63. The van der Waals surface area contributed by atoms with Gasteiger partial charge in [-0.3, -0.25) is 9.59 Å². The zero-order valence-corrected chi connectivity index (χ0v) is 15.3. The normalized spacial score (nSPS) is 10.6. The highest BCUT2D eigenvalue weighted by Crippen LogP contribution is 2.18. The Labute approximate surface area is 160 Å². The van der Waals surface area contributed by atoms with Crippen LogP contribution in [0.4, 0.5) is 5.69 Å². The third-order valence-corrected chi connectivity index (χ3v) is 4.48. The molecule has 3 aromatic rings. The van der Waals surface area contributed by atoms with Crippen LogP contribution < -0.4 is 15.5 Å². The van der Waals surface area contributed by atoms with E-state index in [9.17, 15) is 9.59 Å². The quantitative estimate of drug-likeness (QED) is 0.505. The van der Waals surface area contributed by atoms with Crippen molar-refractivity contribution < 1.29 is 14.3 Å². The summed E-state index contributed by atoms with van der Waals surface area (Å²) in [4.78, 5) is 25.8. The molecule has 0 aliphatic heterocycles. The zero-order valence-electron chi connectivity index (χ0n) is 14.5. The van der Waals surface area contributed by atoms with Gasteiger partial charge in [0.25, 0.3) is 11.8 Å². The van der Waals surface area contributed by atoms with Crippen LogP contribution in [0.2, 0.25) is 0 Å². The van der Waals surface area contributed by atoms with Crippen molar-refractivity contribution in [1.29, 1.82) is 0 Å². The molecule has 0 fully saturated rings. The highest BCUT2D eigenvalue weighted by atomic mass is 32.1. The Morgan fingerprint density at radius 3 is 2.48 bits per heavy atom. The van der Waals surface area contributed by atoms with Crippen molar-refractivity contribution >= 4 is 35.1 Å². The molecule has 6 nitrogen and oxygen atoms in total. The number of hydrogen-bond donors (Lipinski definition) is 2. The molecule has 0 atom stereocenters. The lowest BCUT2D eigenvalue weighted by atomic mass is 10.1. The Morgan fingerprint density at radius 1 is 1.00 bits per heavy atom. The van der Waals surface area contributed by atoms with Crippen LogP contribution in [0, 0.1) is 0 Å². The van der Waals surface area contributed by atoms with Crippen molar-refractivity contribution in [2.45, 2.75) is 0 Å². The van der Waals surface area contributed by atoms with E-state index < -0.39 is 5.91 Å². The van der Waals surface area contributed by atoms with Gasteiger partial charge in [-0.15, -0.1) is 11.3 Å². The average Bonchev–Trinajstić information content (AvgIpc) is 3.22. The molecule has 2 aromatic carbocycles. The monoisotopic (exact) mass is 379 g/mol. The summed E-state index contributed by atoms with van der Waals surface area (Å²) in [6.45, 7) is 0. The fraction of sp³-hybridized carbons (Fsp3) is 0.0500. The van der Waals surface area contributed by atoms with E-state index in [4.69, 9.17) is 4.74 Å². The Balaban J connectivity index is 1.70. The van der Waals surface area contributed by atoms with Crippen molar-refractivity contribution in [1.82, 2.24) is 5.43 Å². The molecule has 0 saturated heterocycles. The first kappa shape index (κ1) is 18.3. The van der Waals surface area contributed by atoms with Crippen LogP contribution in [-0.4, -0.2) is 25.1 Å². The average molecular weight is 379 g/mol. The molecule has 0 aliphatic carbocycles. The zero-order chi connectivity index (χ0) is 19.1. The van der Waals surface area contributed by atoms with Gasteiger partial charge in [0.05, 0.1) is 24.6 Å². The molecule has 3 rings (SSSR count). The molecule has 0 spiro atoms. The Kier molecular flexibility index (Phi) is 5.96. The number of hydrazone groups is 1. The number of carbonyl (C=O) groups is 2. The Bertz CT molecular complexity index is 951. The SMILES string of the molecule is COc1ccc(C(=O)Nc2ccccc2C(=O)N/N=C\c2cccs2)cc1. The molecular formula is C20H17N3O3S. The molecule has 1 heterocycles. The van der Waals surface area contributed by atoms with Gasteiger partial charge < -0.3 is 10.1 Å². The van der Waals surface area contributed by atoms with Gasteiger partial charge >= 0.3 is 0 Å². The van der Waals surface area contributed by atoms with Gasteiger partial charge in [0, 0.05) is 10.4 Å². The number of nitrogens with zero attached hydrogens (tertiary/aromatic N) is 1. The Hall–Kier alpha value is -3.45. The minimum absolute atomic E-state index is 0.319. The van der Waals surface area contributed by atoms with Crippen molar-refractivity contribution in [2.75, 3.05) is 12.4 Å². The molecule has 0 radical (unpaired) electrons. The predicted molar refractivity (Wildman–Crippen MR) is 107 cm³/mol. The van der Waals surface area contributed by atoms with E-state index in [1.54, 1.807) is 61.9 Å². The maximum absolute atomic E-state index is 12.4. The number of methoxy groups -OCH3 is 1. The van der Waals surface area contributed by atoms with Crippen molar-refractivity contribution in [3.8, 4) is 5.75 Å². The number of carbonyl (C=O) groups excluding carboxylic acids is 2. The van der Waals surface area contributed by atoms with Gasteiger partial charge in [-0.1, -0.05) is 18.2 Å². The van der Waals surface area contributed by atoms with Gasteiger partial charge in [-0.2, -0.15) is 5.10 Å². The van der Waals surface area contributed by atoms with Crippen LogP contribution in [0.3, 0.4) is 0 Å². The van der Waals surface area contributed by atoms with Crippen LogP contribution in [0.25, 0.3) is 0 Å². The van der Waals surface area contributed by atoms with Gasteiger partial charge in [0.1, 0.15) is 5.75 Å². The highest BCUT2D eigenvalue weighted by Gasteiger charge is 2.13. The van der Waals surface area contributed by atoms with Crippen LogP contribution in [0.1, 0.15) is 25.6 Å². The van der Waals surface area contributed by atoms with Crippen LogP contribution in [0.5, 0.6) is 5.75 Å². The highest BCUT2D eigenvalue weighted by molar-refractivity contribution is 7.11. The summed E-state index contributed by atoms with van der Waals surface area (Å²) in [6.07, 6.45) is 1.57. The summed E-state index contributed by atoms with van der Waals surface area (Å²) in [6, 6.07) is 17.3. The molecule has 136 valence electrons. The van der Waals surface area contributed by atoms with E-state index in [1.807, 2.05) is 17.5 Å². The molecular weight excluding hydrogens is 362 g/mol. The second-order valence-electron chi connectivity index (χ2n) is 5.44. The molecule has 0 saturated carbocycles. The van der Waals surface area contributed by atoms with Crippen LogP contribution in [-0.2, 0) is 0 Å². The van der Waals surface area contributed by atoms with Crippen LogP contribution in [0.15, 0.2) is 71.1 Å². The molecule has 2 amide bonds. The summed E-state index contributed by atoms with van der Waals surface area (Å²) in [5.41, 5.74) is 3.66. The lowest BCUT2D eigenvalue weighted by molar-refractivity contribution is 0.0956. The van der Waals surface area contributed by atoms with E-state index in [-0.39, 0.29) is 5.91 Å². The standard InChI is InChI=1S/C20H17N3O3S/c1-26-15-10-8-14(9-11-15)19(24)22-18-7-3-2-6-17(18)20(25)23-21-13-16-5-4-12-27-16/h2-13H,1H3,(H,22,24)(H,23,25)/b21-13-. The number of rotatable bonds is 6. The number of nitrogens with one attached hydrogen (secondary N) is 2. The maximum Gasteiger partial charge on any atom is 0.273 e. The smallest absolute Gasteiger partial charge is 0.273 e. The fourth-order valence-electron chi connectivity index (χ4n) is 2.31. The van der Waals surface area contributed by atoms with Crippen LogP contribution >= 0.6 is 11.3 Å². The summed E-state index contributed by atoms with van der Waals surface area (Å²) >= 11 is 1.52. The summed E-state index contributed by atoms with van der Waals surface area (Å²) in [7, 11) is 1.56. The predicted octanol–water partition coefficient (Wildman–Crippen LogP) is 3.77. The molecule has 0 unspecified atom stereocenters. The largest absolute Gasteiger partial charge is 0.497 e. The van der Waals surface area contributed by atoms with E-state index in [2.05, 4.69) is 15.8 Å². The van der Waals surface area contributed by atoms with Gasteiger partial charge in [0.2, 0.25) is 0 Å². The molecule has 7 heteroatoms. The Morgan fingerprint density at radius 2 is 1.78 bits per heavy atom. The van der Waals surface area contributed by atoms with E-state index in [0.29, 0.717) is 22.6 Å². The van der Waals surface area contributed by atoms with Gasteiger partial charge in [-0.05, 0) is 47.8 Å². The number of amides is 2. The molecule has 0 aliphatic rings. The van der Waals surface area contributed by atoms with Crippen molar-refractivity contribution in [3.05, 3.63) is 82.0 Å². The first-order valence-corrected chi connectivity index (χ1v) is 8.96. The minimum Gasteiger partial charge on any atom is -0.497 e. The third-order valence-electron chi connectivity index (χ3n) is 3.67. The molecule has 27 heavy (non-hydrogen) atoms. The van der Waals surface area contributed by atoms with Crippen molar-refractivity contribution in [3.63, 3.8) is 0 Å². The number of thiophene rings is 1. The van der Waals surface area contributed by atoms with Crippen molar-refractivity contribution in [2.24, 2.45) is 5.10 Å². The number of benzene rings is 2. The van der Waals surface area contributed by atoms with E-state index >= 15 is 0 Å². The summed E-state index contributed by atoms with van der Waals surface area (Å²) in [5.74, 6) is -0.0663. The number of ether oxygens (including phenoxy) is 1. The second kappa shape index (κ2) is 8.77. The minimum atomic E-state index is -0.409. The lowest BCUT2D eigenvalue weighted by Crippen LogP contribution is -2.21. The topological polar surface area (TPSA) is 79.8 Å². The number of para-hydroxylation sites is 1.